The van der Waals surface area contributed by atoms with Crippen molar-refractivity contribution in [3.05, 3.63) is 65.4 Å². The number of nitrogens with zero attached hydrogens (tertiary/aromatic N) is 2. The summed E-state index contributed by atoms with van der Waals surface area (Å²) in [4.78, 5) is 26.9. The molecule has 0 aliphatic carbocycles. The van der Waals surface area contributed by atoms with Gasteiger partial charge in [-0.05, 0) is 61.9 Å². The Balaban J connectivity index is 1.37. The van der Waals surface area contributed by atoms with E-state index in [-0.39, 0.29) is 30.9 Å². The van der Waals surface area contributed by atoms with Crippen molar-refractivity contribution in [2.45, 2.75) is 57.5 Å². The summed E-state index contributed by atoms with van der Waals surface area (Å²) in [6.07, 6.45) is 3.08. The number of aryl methyl sites for hydroxylation is 2. The number of nitrogens with two attached hydrogens (primary N) is 1. The number of rotatable bonds is 12. The lowest BCUT2D eigenvalue weighted by Crippen LogP contribution is -2.42. The number of carbonyl (C=O) groups excluding carboxylic acids is 2. The first kappa shape index (κ1) is 29.6. The summed E-state index contributed by atoms with van der Waals surface area (Å²) in [7, 11) is 1.73. The van der Waals surface area contributed by atoms with E-state index in [9.17, 15) is 14.0 Å². The van der Waals surface area contributed by atoms with E-state index in [1.54, 1.807) is 19.2 Å². The van der Waals surface area contributed by atoms with Crippen molar-refractivity contribution < 1.29 is 23.5 Å². The minimum absolute atomic E-state index is 0.0887. The molecule has 2 aromatic carbocycles. The summed E-state index contributed by atoms with van der Waals surface area (Å²) in [5.41, 5.74) is 11.8. The molecule has 2 atom stereocenters. The van der Waals surface area contributed by atoms with Crippen LogP contribution in [0.4, 0.5) is 14.9 Å². The van der Waals surface area contributed by atoms with Crippen molar-refractivity contribution in [2.75, 3.05) is 45.4 Å². The highest BCUT2D eigenvalue weighted by Crippen LogP contribution is 2.36. The van der Waals surface area contributed by atoms with Gasteiger partial charge in [-0.25, -0.2) is 9.18 Å². The van der Waals surface area contributed by atoms with Crippen LogP contribution in [0.5, 0.6) is 0 Å². The quantitative estimate of drug-likeness (QED) is 0.302. The van der Waals surface area contributed by atoms with Gasteiger partial charge in [-0.3, -0.25) is 10.1 Å². The number of likely N-dealkylation sites (tertiary alicyclic amines) is 1. The second kappa shape index (κ2) is 14.3. The van der Waals surface area contributed by atoms with Crippen molar-refractivity contribution >= 4 is 28.6 Å². The summed E-state index contributed by atoms with van der Waals surface area (Å²) in [5.74, 6) is 0.367. The predicted molar refractivity (Wildman–Crippen MR) is 155 cm³/mol. The number of ether oxygens (including phenoxy) is 2. The molecule has 0 saturated carbocycles. The lowest BCUT2D eigenvalue weighted by molar-refractivity contribution is -0.132. The Hall–Kier alpha value is -3.43. The van der Waals surface area contributed by atoms with Gasteiger partial charge < -0.3 is 24.7 Å². The molecule has 0 spiro atoms. The Morgan fingerprint density at radius 2 is 1.93 bits per heavy atom. The van der Waals surface area contributed by atoms with Crippen LogP contribution in [0.25, 0.3) is 10.9 Å². The maximum absolute atomic E-state index is 13.3. The monoisotopic (exact) mass is 552 g/mol. The Morgan fingerprint density at radius 3 is 2.67 bits per heavy atom. The van der Waals surface area contributed by atoms with Gasteiger partial charge in [0.25, 0.3) is 0 Å². The van der Waals surface area contributed by atoms with E-state index in [0.29, 0.717) is 25.3 Å². The van der Waals surface area contributed by atoms with Crippen LogP contribution in [0.3, 0.4) is 0 Å². The molecule has 3 N–H and O–H groups in total. The number of hydrogen-bond acceptors (Lipinski definition) is 5. The van der Waals surface area contributed by atoms with E-state index < -0.39 is 12.8 Å². The van der Waals surface area contributed by atoms with Gasteiger partial charge in [-0.15, -0.1) is 0 Å². The number of halogens is 1. The first-order valence-electron chi connectivity index (χ1n) is 14.1. The first-order chi connectivity index (χ1) is 19.4. The van der Waals surface area contributed by atoms with Gasteiger partial charge >= 0.3 is 6.09 Å². The third-order valence-corrected chi connectivity index (χ3v) is 7.61. The number of benzene rings is 2. The highest BCUT2D eigenvalue weighted by atomic mass is 19.1. The Labute approximate surface area is 235 Å². The first-order valence-corrected chi connectivity index (χ1v) is 14.1. The maximum Gasteiger partial charge on any atom is 0.411 e. The number of aromatic nitrogens is 1. The fourth-order valence-corrected chi connectivity index (χ4v) is 5.80. The number of piperidine rings is 1. The van der Waals surface area contributed by atoms with Gasteiger partial charge in [0, 0.05) is 74.0 Å². The Kier molecular flexibility index (Phi) is 10.5. The van der Waals surface area contributed by atoms with E-state index in [1.807, 2.05) is 17.0 Å². The van der Waals surface area contributed by atoms with E-state index in [0.717, 1.165) is 37.9 Å². The molecule has 1 unspecified atom stereocenters. The highest BCUT2D eigenvalue weighted by Gasteiger charge is 2.29. The maximum atomic E-state index is 13.3. The van der Waals surface area contributed by atoms with Crippen molar-refractivity contribution in [1.82, 2.24) is 9.47 Å². The minimum atomic E-state index is -0.722. The molecular formula is C31H41FN4O4. The molecule has 8 nitrogen and oxygen atoms in total. The number of para-hydroxylation sites is 1. The number of amides is 2. The van der Waals surface area contributed by atoms with E-state index in [1.165, 1.54) is 22.2 Å². The van der Waals surface area contributed by atoms with Crippen molar-refractivity contribution in [2.24, 2.45) is 5.73 Å². The standard InChI is InChI=1S/C31H41FN4O4/c1-22-27-8-3-4-9-28(27)36(16-6-17-39-2)30(22)24-7-5-15-35(21-24)29(37)20-25(33)19-23-10-12-26(13-11-23)34-31(38)40-18-14-32/h3-4,8-13,24-25H,5-7,14-21,33H2,1-2H3,(H,34,38)/t24?,25-/m1/s1. The van der Waals surface area contributed by atoms with Crippen molar-refractivity contribution in [3.8, 4) is 0 Å². The molecule has 4 rings (SSSR count). The molecule has 0 bridgehead atoms. The molecule has 0 radical (unpaired) electrons. The zero-order valence-corrected chi connectivity index (χ0v) is 23.5. The highest BCUT2D eigenvalue weighted by molar-refractivity contribution is 5.86. The van der Waals surface area contributed by atoms with Gasteiger partial charge in [0.2, 0.25) is 5.91 Å². The summed E-state index contributed by atoms with van der Waals surface area (Å²) in [5, 5.41) is 3.83. The summed E-state index contributed by atoms with van der Waals surface area (Å²) in [6, 6.07) is 15.4. The second-order valence-corrected chi connectivity index (χ2v) is 10.5. The molecule has 1 aliphatic heterocycles. The Bertz CT molecular complexity index is 1280. The third-order valence-electron chi connectivity index (χ3n) is 7.61. The number of anilines is 1. The van der Waals surface area contributed by atoms with Gasteiger partial charge in [-0.1, -0.05) is 30.3 Å². The van der Waals surface area contributed by atoms with Crippen LogP contribution in [0.15, 0.2) is 48.5 Å². The zero-order valence-electron chi connectivity index (χ0n) is 23.5. The summed E-state index contributed by atoms with van der Waals surface area (Å²) in [6.45, 7) is 4.26. The fourth-order valence-electron chi connectivity index (χ4n) is 5.80. The summed E-state index contributed by atoms with van der Waals surface area (Å²) >= 11 is 0. The predicted octanol–water partition coefficient (Wildman–Crippen LogP) is 5.17. The molecule has 1 aromatic heterocycles. The van der Waals surface area contributed by atoms with Gasteiger partial charge in [0.1, 0.15) is 13.3 Å². The number of hydrogen-bond donors (Lipinski definition) is 2. The number of alkyl halides is 1. The summed E-state index contributed by atoms with van der Waals surface area (Å²) < 4.78 is 24.6. The molecule has 2 amide bonds. The fraction of sp³-hybridized carbons (Fsp3) is 0.484. The molecule has 1 aliphatic rings. The second-order valence-electron chi connectivity index (χ2n) is 10.5. The SMILES string of the molecule is COCCCn1c(C2CCCN(C(=O)C[C@H](N)Cc3ccc(NC(=O)OCCF)cc3)C2)c(C)c2ccccc21. The molecule has 1 saturated heterocycles. The largest absolute Gasteiger partial charge is 0.447 e. The third kappa shape index (κ3) is 7.40. The van der Waals surface area contributed by atoms with Crippen molar-refractivity contribution in [3.63, 3.8) is 0 Å². The smallest absolute Gasteiger partial charge is 0.411 e. The normalized spacial score (nSPS) is 16.2. The number of fused-ring (bicyclic) bond motifs is 1. The van der Waals surface area contributed by atoms with Crippen LogP contribution in [0.1, 0.15) is 48.4 Å². The number of carbonyl (C=O) groups is 2. The van der Waals surface area contributed by atoms with Crippen LogP contribution in [-0.4, -0.2) is 67.6 Å². The zero-order chi connectivity index (χ0) is 28.5. The number of nitrogens with one attached hydrogen (secondary N) is 1. The van der Waals surface area contributed by atoms with E-state index >= 15 is 0 Å². The topological polar surface area (TPSA) is 98.8 Å². The molecule has 9 heteroatoms. The molecule has 1 fully saturated rings. The van der Waals surface area contributed by atoms with Gasteiger partial charge in [0.05, 0.1) is 0 Å². The molecular weight excluding hydrogens is 511 g/mol. The molecule has 40 heavy (non-hydrogen) atoms. The van der Waals surface area contributed by atoms with Gasteiger partial charge in [-0.2, -0.15) is 0 Å². The van der Waals surface area contributed by atoms with E-state index in [4.69, 9.17) is 10.5 Å². The van der Waals surface area contributed by atoms with Crippen LogP contribution in [-0.2, 0) is 27.2 Å². The van der Waals surface area contributed by atoms with Crippen LogP contribution >= 0.6 is 0 Å². The van der Waals surface area contributed by atoms with Gasteiger partial charge in [0.15, 0.2) is 0 Å². The lowest BCUT2D eigenvalue weighted by atomic mass is 9.91. The molecule has 3 aromatic rings. The number of methoxy groups -OCH3 is 1. The average molecular weight is 553 g/mol. The van der Waals surface area contributed by atoms with Crippen LogP contribution < -0.4 is 11.1 Å². The van der Waals surface area contributed by atoms with Crippen molar-refractivity contribution in [1.29, 1.82) is 0 Å². The Morgan fingerprint density at radius 1 is 1.15 bits per heavy atom. The van der Waals surface area contributed by atoms with Crippen LogP contribution in [0, 0.1) is 6.92 Å². The minimum Gasteiger partial charge on any atom is -0.447 e. The molecule has 2 heterocycles. The van der Waals surface area contributed by atoms with Crippen LogP contribution in [0.2, 0.25) is 0 Å². The average Bonchev–Trinajstić information content (AvgIpc) is 3.24. The lowest BCUT2D eigenvalue weighted by Gasteiger charge is -2.34. The van der Waals surface area contributed by atoms with E-state index in [2.05, 4.69) is 45.8 Å². The molecule has 216 valence electrons.